The highest BCUT2D eigenvalue weighted by Gasteiger charge is 2.30. The maximum atomic E-state index is 11.4. The average Bonchev–Trinajstić information content (AvgIpc) is 2.93. The summed E-state index contributed by atoms with van der Waals surface area (Å²) < 4.78 is 5.38. The lowest BCUT2D eigenvalue weighted by atomic mass is 9.79. The number of aliphatic hydroxyl groups is 1. The number of aryl methyl sites for hydroxylation is 1. The number of thioether (sulfide) groups is 1. The Balaban J connectivity index is 1.32. The molecule has 1 saturated heterocycles. The summed E-state index contributed by atoms with van der Waals surface area (Å²) in [7, 11) is 1.64. The molecule has 2 N–H and O–H groups in total. The molecule has 0 saturated carbocycles. The van der Waals surface area contributed by atoms with Crippen LogP contribution in [0.2, 0.25) is 0 Å². The largest absolute Gasteiger partial charge is 0.497 e. The Hall–Kier alpha value is -2.61. The molecule has 1 aliphatic heterocycles. The van der Waals surface area contributed by atoms with Crippen molar-refractivity contribution in [2.24, 2.45) is 11.8 Å². The van der Waals surface area contributed by atoms with E-state index in [1.807, 2.05) is 36.0 Å². The van der Waals surface area contributed by atoms with Gasteiger partial charge in [0.15, 0.2) is 0 Å². The summed E-state index contributed by atoms with van der Waals surface area (Å²) in [5.74, 6) is 1.86. The van der Waals surface area contributed by atoms with Crippen LogP contribution in [-0.2, 0) is 4.79 Å². The summed E-state index contributed by atoms with van der Waals surface area (Å²) in [4.78, 5) is 19.7. The predicted octanol–water partition coefficient (Wildman–Crippen LogP) is 6.35. The monoisotopic (exact) mass is 536 g/mol. The number of aliphatic hydroxyl groups excluding tert-OH is 1. The average molecular weight is 537 g/mol. The van der Waals surface area contributed by atoms with E-state index in [1.165, 1.54) is 10.5 Å². The van der Waals surface area contributed by atoms with Crippen molar-refractivity contribution in [2.45, 2.75) is 56.4 Å². The number of carboxylic acids is 1. The minimum absolute atomic E-state index is 0.204. The Labute approximate surface area is 230 Å². The summed E-state index contributed by atoms with van der Waals surface area (Å²) in [6, 6.07) is 16.2. The zero-order valence-corrected chi connectivity index (χ0v) is 23.3. The Kier molecular flexibility index (Phi) is 10.4. The zero-order valence-electron chi connectivity index (χ0n) is 22.5. The van der Waals surface area contributed by atoms with E-state index in [-0.39, 0.29) is 6.42 Å². The molecule has 2 aromatic carbocycles. The topological polar surface area (TPSA) is 82.9 Å². The van der Waals surface area contributed by atoms with Crippen LogP contribution in [0.15, 0.2) is 59.6 Å². The lowest BCUT2D eigenvalue weighted by Gasteiger charge is -2.39. The molecule has 1 aromatic heterocycles. The van der Waals surface area contributed by atoms with Crippen LogP contribution < -0.4 is 4.74 Å². The number of nitrogens with zero attached hydrogens (tertiary/aromatic N) is 2. The summed E-state index contributed by atoms with van der Waals surface area (Å²) in [5, 5.41) is 21.4. The fourth-order valence-corrected chi connectivity index (χ4v) is 6.62. The molecule has 0 radical (unpaired) electrons. The number of pyridine rings is 1. The standard InChI is InChI=1S/C31H40N2O4S/c1-22-6-3-4-7-30(22)38-19-5-17-33-18-15-23(24(21-33)9-13-31(35)36)8-12-29(34)26-14-16-32-28-11-10-25(37-2)20-27(26)28/h3-4,6-7,10-11,14,16,20,23-24,29,34H,5,8-9,12-13,15,17-19,21H2,1-2H3,(H,35,36)/t23-,24+,29?/m1/s1. The van der Waals surface area contributed by atoms with Gasteiger partial charge in [-0.25, -0.2) is 0 Å². The Morgan fingerprint density at radius 2 is 2.03 bits per heavy atom. The van der Waals surface area contributed by atoms with Gasteiger partial charge in [-0.05, 0) is 111 Å². The number of carboxylic acid groups (broad SMARTS) is 1. The first-order valence-electron chi connectivity index (χ1n) is 13.7. The Morgan fingerprint density at radius 3 is 2.82 bits per heavy atom. The van der Waals surface area contributed by atoms with E-state index < -0.39 is 12.1 Å². The van der Waals surface area contributed by atoms with Crippen molar-refractivity contribution in [3.8, 4) is 5.75 Å². The lowest BCUT2D eigenvalue weighted by Crippen LogP contribution is -2.41. The molecule has 3 aromatic rings. The Bertz CT molecular complexity index is 1200. The van der Waals surface area contributed by atoms with Crippen molar-refractivity contribution in [1.82, 2.24) is 9.88 Å². The molecular weight excluding hydrogens is 496 g/mol. The van der Waals surface area contributed by atoms with Gasteiger partial charge in [-0.3, -0.25) is 9.78 Å². The van der Waals surface area contributed by atoms with Gasteiger partial charge in [-0.1, -0.05) is 18.2 Å². The minimum Gasteiger partial charge on any atom is -0.497 e. The van der Waals surface area contributed by atoms with E-state index >= 15 is 0 Å². The van der Waals surface area contributed by atoms with E-state index in [0.29, 0.717) is 24.7 Å². The fraction of sp³-hybridized carbons (Fsp3) is 0.484. The third kappa shape index (κ3) is 7.71. The number of methoxy groups -OCH3 is 1. The molecule has 0 bridgehead atoms. The molecule has 7 heteroatoms. The molecule has 1 fully saturated rings. The number of aromatic nitrogens is 1. The number of hydrogen-bond donors (Lipinski definition) is 2. The maximum absolute atomic E-state index is 11.4. The highest BCUT2D eigenvalue weighted by molar-refractivity contribution is 7.99. The number of carbonyl (C=O) groups is 1. The molecular formula is C31H40N2O4S. The van der Waals surface area contributed by atoms with Crippen molar-refractivity contribution in [2.75, 3.05) is 32.5 Å². The van der Waals surface area contributed by atoms with E-state index in [1.54, 1.807) is 13.3 Å². The summed E-state index contributed by atoms with van der Waals surface area (Å²) in [5.41, 5.74) is 3.04. The number of hydrogen-bond acceptors (Lipinski definition) is 6. The van der Waals surface area contributed by atoms with Crippen molar-refractivity contribution in [3.05, 3.63) is 65.9 Å². The molecule has 2 heterocycles. The summed E-state index contributed by atoms with van der Waals surface area (Å²) in [6.45, 7) is 5.18. The molecule has 0 aliphatic carbocycles. The summed E-state index contributed by atoms with van der Waals surface area (Å²) >= 11 is 1.92. The van der Waals surface area contributed by atoms with Gasteiger partial charge in [0, 0.05) is 29.4 Å². The fourth-order valence-electron chi connectivity index (χ4n) is 5.66. The first-order valence-corrected chi connectivity index (χ1v) is 14.7. The maximum Gasteiger partial charge on any atom is 0.303 e. The molecule has 204 valence electrons. The molecule has 0 amide bonds. The predicted molar refractivity (Wildman–Crippen MR) is 154 cm³/mol. The van der Waals surface area contributed by atoms with Gasteiger partial charge in [0.25, 0.3) is 0 Å². The van der Waals surface area contributed by atoms with Crippen LogP contribution in [0.5, 0.6) is 5.75 Å². The first kappa shape index (κ1) is 28.4. The molecule has 4 rings (SSSR count). The second-order valence-corrected chi connectivity index (χ2v) is 11.5. The molecule has 1 unspecified atom stereocenters. The minimum atomic E-state index is -0.729. The number of piperidine rings is 1. The van der Waals surface area contributed by atoms with Gasteiger partial charge in [0.05, 0.1) is 18.7 Å². The van der Waals surface area contributed by atoms with E-state index in [9.17, 15) is 15.0 Å². The van der Waals surface area contributed by atoms with Gasteiger partial charge in [-0.2, -0.15) is 0 Å². The molecule has 38 heavy (non-hydrogen) atoms. The van der Waals surface area contributed by atoms with Gasteiger partial charge in [-0.15, -0.1) is 11.8 Å². The van der Waals surface area contributed by atoms with Gasteiger partial charge in [0.2, 0.25) is 0 Å². The lowest BCUT2D eigenvalue weighted by molar-refractivity contribution is -0.137. The van der Waals surface area contributed by atoms with Crippen LogP contribution in [0.3, 0.4) is 0 Å². The number of likely N-dealkylation sites (tertiary alicyclic amines) is 1. The third-order valence-corrected chi connectivity index (χ3v) is 9.09. The van der Waals surface area contributed by atoms with Crippen LogP contribution >= 0.6 is 11.8 Å². The van der Waals surface area contributed by atoms with Gasteiger partial charge >= 0.3 is 5.97 Å². The zero-order chi connectivity index (χ0) is 26.9. The van der Waals surface area contributed by atoms with Crippen molar-refractivity contribution < 1.29 is 19.7 Å². The first-order chi connectivity index (χ1) is 18.4. The van der Waals surface area contributed by atoms with Crippen LogP contribution in [0.4, 0.5) is 0 Å². The van der Waals surface area contributed by atoms with Gasteiger partial charge in [0.1, 0.15) is 5.75 Å². The second kappa shape index (κ2) is 14.0. The highest BCUT2D eigenvalue weighted by Crippen LogP contribution is 2.35. The second-order valence-electron chi connectivity index (χ2n) is 10.4. The number of aliphatic carboxylic acids is 1. The highest BCUT2D eigenvalue weighted by atomic mass is 32.2. The van der Waals surface area contributed by atoms with Crippen LogP contribution in [-0.4, -0.2) is 58.6 Å². The molecule has 3 atom stereocenters. The van der Waals surface area contributed by atoms with Crippen molar-refractivity contribution >= 4 is 28.6 Å². The van der Waals surface area contributed by atoms with E-state index in [4.69, 9.17) is 4.74 Å². The normalized spacial score (nSPS) is 18.9. The number of fused-ring (bicyclic) bond motifs is 1. The van der Waals surface area contributed by atoms with Crippen LogP contribution in [0.1, 0.15) is 55.8 Å². The Morgan fingerprint density at radius 1 is 1.18 bits per heavy atom. The van der Waals surface area contributed by atoms with Gasteiger partial charge < -0.3 is 19.8 Å². The third-order valence-electron chi connectivity index (χ3n) is 7.83. The quantitative estimate of drug-likeness (QED) is 0.195. The van der Waals surface area contributed by atoms with Crippen LogP contribution in [0.25, 0.3) is 10.9 Å². The molecule has 6 nitrogen and oxygen atoms in total. The number of ether oxygens (including phenoxy) is 1. The van der Waals surface area contributed by atoms with E-state index in [0.717, 1.165) is 66.9 Å². The number of benzene rings is 2. The molecule has 1 aliphatic rings. The number of rotatable bonds is 13. The SMILES string of the molecule is COc1ccc2nccc(C(O)CC[C@@H]3CCN(CCCSc4ccccc4C)C[C@@H]3CCC(=O)O)c2c1. The van der Waals surface area contributed by atoms with Crippen LogP contribution in [0, 0.1) is 18.8 Å². The van der Waals surface area contributed by atoms with Crippen molar-refractivity contribution in [1.29, 1.82) is 0 Å². The van der Waals surface area contributed by atoms with Crippen molar-refractivity contribution in [3.63, 3.8) is 0 Å². The summed E-state index contributed by atoms with van der Waals surface area (Å²) in [6.07, 6.45) is 5.76. The molecule has 0 spiro atoms. The van der Waals surface area contributed by atoms with E-state index in [2.05, 4.69) is 41.1 Å². The smallest absolute Gasteiger partial charge is 0.303 e.